The highest BCUT2D eigenvalue weighted by Crippen LogP contribution is 2.46. The Labute approximate surface area is 202 Å². The van der Waals surface area contributed by atoms with Crippen molar-refractivity contribution >= 4 is 28.8 Å². The zero-order valence-electron chi connectivity index (χ0n) is 19.1. The normalized spacial score (nSPS) is 21.8. The number of rotatable bonds is 4. The third kappa shape index (κ3) is 4.18. The molecule has 8 heteroatoms. The summed E-state index contributed by atoms with van der Waals surface area (Å²) in [5, 5.41) is 3.61. The van der Waals surface area contributed by atoms with Crippen molar-refractivity contribution in [2.75, 3.05) is 23.7 Å². The quantitative estimate of drug-likeness (QED) is 0.597. The van der Waals surface area contributed by atoms with Crippen molar-refractivity contribution < 1.29 is 9.18 Å². The first-order chi connectivity index (χ1) is 16.5. The summed E-state index contributed by atoms with van der Waals surface area (Å²) in [5.74, 6) is 0.901. The number of nitrogens with zero attached hydrogens (tertiary/aromatic N) is 4. The number of thioether (sulfide) groups is 1. The van der Waals surface area contributed by atoms with Gasteiger partial charge in [0.1, 0.15) is 5.54 Å². The van der Waals surface area contributed by atoms with Gasteiger partial charge >= 0.3 is 0 Å². The van der Waals surface area contributed by atoms with E-state index in [0.29, 0.717) is 35.5 Å². The number of carbonyl (C=O) groups excluding carboxylic acids is 1. The fraction of sp³-hybridized carbons (Fsp3) is 0.308. The predicted octanol–water partition coefficient (Wildman–Crippen LogP) is 4.60. The van der Waals surface area contributed by atoms with Crippen molar-refractivity contribution in [2.45, 2.75) is 25.3 Å². The summed E-state index contributed by atoms with van der Waals surface area (Å²) in [7, 11) is 0. The molecule has 2 atom stereocenters. The maximum Gasteiger partial charge on any atom is 0.257 e. The Kier molecular flexibility index (Phi) is 6.08. The molecular weight excluding hydrogens is 449 g/mol. The molecule has 174 valence electrons. The van der Waals surface area contributed by atoms with Gasteiger partial charge in [-0.15, -0.1) is 0 Å². The van der Waals surface area contributed by atoms with Crippen molar-refractivity contribution in [1.29, 1.82) is 0 Å². The summed E-state index contributed by atoms with van der Waals surface area (Å²) < 4.78 is 14.2. The molecule has 0 saturated carbocycles. The monoisotopic (exact) mass is 475 g/mol. The van der Waals surface area contributed by atoms with Crippen molar-refractivity contribution in [3.8, 4) is 0 Å². The molecule has 1 N–H and O–H groups in total. The zero-order valence-corrected chi connectivity index (χ0v) is 19.9. The first-order valence-corrected chi connectivity index (χ1v) is 12.4. The maximum absolute atomic E-state index is 14.2. The van der Waals surface area contributed by atoms with Crippen LogP contribution in [0, 0.1) is 11.7 Å². The number of fused-ring (bicyclic) bond motifs is 1. The summed E-state index contributed by atoms with van der Waals surface area (Å²) >= 11 is 1.55. The summed E-state index contributed by atoms with van der Waals surface area (Å²) in [5.41, 5.74) is 1.54. The van der Waals surface area contributed by atoms with Gasteiger partial charge in [-0.25, -0.2) is 19.4 Å². The molecular formula is C26H26FN5OS. The Bertz CT molecular complexity index is 1220. The van der Waals surface area contributed by atoms with Crippen LogP contribution in [0.25, 0.3) is 0 Å². The van der Waals surface area contributed by atoms with Gasteiger partial charge in [0.05, 0.1) is 18.4 Å². The van der Waals surface area contributed by atoms with Gasteiger partial charge in [-0.3, -0.25) is 4.79 Å². The predicted molar refractivity (Wildman–Crippen MR) is 134 cm³/mol. The first kappa shape index (κ1) is 22.5. The van der Waals surface area contributed by atoms with Crippen LogP contribution < -0.4 is 10.2 Å². The maximum atomic E-state index is 14.2. The molecule has 0 spiro atoms. The second kappa shape index (κ2) is 9.18. The van der Waals surface area contributed by atoms with E-state index >= 15 is 0 Å². The van der Waals surface area contributed by atoms with Gasteiger partial charge < -0.3 is 10.2 Å². The molecule has 1 aromatic heterocycles. The van der Waals surface area contributed by atoms with Crippen LogP contribution in [-0.4, -0.2) is 39.9 Å². The van der Waals surface area contributed by atoms with Crippen LogP contribution in [0.1, 0.15) is 41.4 Å². The van der Waals surface area contributed by atoms with Gasteiger partial charge in [0, 0.05) is 23.8 Å². The van der Waals surface area contributed by atoms with E-state index in [2.05, 4.69) is 32.3 Å². The smallest absolute Gasteiger partial charge is 0.257 e. The van der Waals surface area contributed by atoms with Gasteiger partial charge in [0.25, 0.3) is 5.91 Å². The van der Waals surface area contributed by atoms with Gasteiger partial charge in [-0.2, -0.15) is 0 Å². The SMILES string of the molecule is CC(C)c1nc(N2C[C@H]3CSC(NC(=O)c4ccccc4)=N[C@@]3(c3ccccc3)C2)ncc1F. The highest BCUT2D eigenvalue weighted by molar-refractivity contribution is 8.13. The highest BCUT2D eigenvalue weighted by atomic mass is 32.2. The van der Waals surface area contributed by atoms with Crippen LogP contribution >= 0.6 is 11.8 Å². The van der Waals surface area contributed by atoms with Gasteiger partial charge in [0.2, 0.25) is 5.95 Å². The molecule has 0 aliphatic carbocycles. The van der Waals surface area contributed by atoms with Crippen molar-refractivity contribution in [2.24, 2.45) is 10.9 Å². The van der Waals surface area contributed by atoms with E-state index in [-0.39, 0.29) is 23.6 Å². The van der Waals surface area contributed by atoms with Crippen LogP contribution in [0.3, 0.4) is 0 Å². The summed E-state index contributed by atoms with van der Waals surface area (Å²) in [4.78, 5) is 28.9. The molecule has 34 heavy (non-hydrogen) atoms. The molecule has 0 bridgehead atoms. The van der Waals surface area contributed by atoms with E-state index in [0.717, 1.165) is 11.3 Å². The Balaban J connectivity index is 1.50. The third-order valence-electron chi connectivity index (χ3n) is 6.39. The Morgan fingerprint density at radius 3 is 2.56 bits per heavy atom. The minimum absolute atomic E-state index is 0.0388. The molecule has 6 nitrogen and oxygen atoms in total. The van der Waals surface area contributed by atoms with E-state index in [1.54, 1.807) is 23.9 Å². The lowest BCUT2D eigenvalue weighted by atomic mass is 9.82. The van der Waals surface area contributed by atoms with Crippen LogP contribution in [0.2, 0.25) is 0 Å². The lowest BCUT2D eigenvalue weighted by Crippen LogP contribution is -2.42. The standard InChI is InChI=1S/C26H26FN5OS/c1-17(2)22-21(27)13-28-24(29-22)32-14-20-15-34-25(30-23(33)18-9-5-3-6-10-18)31-26(20,16-32)19-11-7-4-8-12-19/h3-13,17,20H,14-16H2,1-2H3,(H,30,31,33)/t20-,26+/m0/s1. The second-order valence-corrected chi connectivity index (χ2v) is 9.98. The van der Waals surface area contributed by atoms with E-state index in [9.17, 15) is 9.18 Å². The number of halogens is 1. The molecule has 1 amide bonds. The third-order valence-corrected chi connectivity index (χ3v) is 7.42. The number of amidine groups is 1. The van der Waals surface area contributed by atoms with Crippen molar-refractivity contribution in [1.82, 2.24) is 15.3 Å². The first-order valence-electron chi connectivity index (χ1n) is 11.4. The molecule has 2 aliphatic heterocycles. The molecule has 2 aromatic carbocycles. The average Bonchev–Trinajstić information content (AvgIpc) is 3.25. The van der Waals surface area contributed by atoms with Crippen molar-refractivity contribution in [3.05, 3.63) is 89.5 Å². The molecule has 0 radical (unpaired) electrons. The molecule has 5 rings (SSSR count). The van der Waals surface area contributed by atoms with Gasteiger partial charge in [0.15, 0.2) is 11.0 Å². The van der Waals surface area contributed by atoms with E-state index in [1.165, 1.54) is 6.20 Å². The number of anilines is 1. The number of aromatic nitrogens is 2. The molecule has 1 fully saturated rings. The second-order valence-electron chi connectivity index (χ2n) is 8.97. The lowest BCUT2D eigenvalue weighted by molar-refractivity contribution is 0.0977. The number of nitrogens with one attached hydrogen (secondary N) is 1. The molecule has 2 aliphatic rings. The minimum atomic E-state index is -0.554. The van der Waals surface area contributed by atoms with Crippen LogP contribution in [-0.2, 0) is 5.54 Å². The Morgan fingerprint density at radius 2 is 1.85 bits per heavy atom. The fourth-order valence-electron chi connectivity index (χ4n) is 4.63. The number of hydrogen-bond acceptors (Lipinski definition) is 6. The molecule has 0 unspecified atom stereocenters. The van der Waals surface area contributed by atoms with Crippen LogP contribution in [0.5, 0.6) is 0 Å². The fourth-order valence-corrected chi connectivity index (χ4v) is 5.77. The van der Waals surface area contributed by atoms with Crippen molar-refractivity contribution in [3.63, 3.8) is 0 Å². The summed E-state index contributed by atoms with van der Waals surface area (Å²) in [6.07, 6.45) is 1.26. The molecule has 3 aromatic rings. The Morgan fingerprint density at radius 1 is 1.15 bits per heavy atom. The van der Waals surface area contributed by atoms with Crippen LogP contribution in [0.15, 0.2) is 71.9 Å². The molecule has 1 saturated heterocycles. The Hall–Kier alpha value is -3.26. The number of amides is 1. The number of hydrogen-bond donors (Lipinski definition) is 1. The minimum Gasteiger partial charge on any atom is -0.338 e. The van der Waals surface area contributed by atoms with Gasteiger partial charge in [-0.05, 0) is 23.6 Å². The number of aliphatic imine (C=N–C) groups is 1. The van der Waals surface area contributed by atoms with Gasteiger partial charge in [-0.1, -0.05) is 74.1 Å². The van der Waals surface area contributed by atoms with E-state index in [4.69, 9.17) is 4.99 Å². The zero-order chi connectivity index (χ0) is 23.7. The number of benzene rings is 2. The average molecular weight is 476 g/mol. The largest absolute Gasteiger partial charge is 0.338 e. The van der Waals surface area contributed by atoms with Crippen LogP contribution in [0.4, 0.5) is 10.3 Å². The number of carbonyl (C=O) groups is 1. The summed E-state index contributed by atoms with van der Waals surface area (Å²) in [6, 6.07) is 19.3. The molecule has 3 heterocycles. The topological polar surface area (TPSA) is 70.5 Å². The van der Waals surface area contributed by atoms with E-state index < -0.39 is 5.54 Å². The van der Waals surface area contributed by atoms with E-state index in [1.807, 2.05) is 50.2 Å². The lowest BCUT2D eigenvalue weighted by Gasteiger charge is -2.35. The summed E-state index contributed by atoms with van der Waals surface area (Å²) in [6.45, 7) is 5.10. The highest BCUT2D eigenvalue weighted by Gasteiger charge is 2.51.